The van der Waals surface area contributed by atoms with E-state index in [0.29, 0.717) is 18.1 Å². The smallest absolute Gasteiger partial charge is 0.231 e. The van der Waals surface area contributed by atoms with Crippen molar-refractivity contribution in [2.24, 2.45) is 11.7 Å². The van der Waals surface area contributed by atoms with Gasteiger partial charge in [-0.15, -0.1) is 0 Å². The van der Waals surface area contributed by atoms with Gasteiger partial charge in [0.2, 0.25) is 11.8 Å². The molecule has 3 atom stereocenters. The third-order valence-corrected chi connectivity index (χ3v) is 4.33. The molecule has 1 saturated carbocycles. The molecule has 6 heteroatoms. The van der Waals surface area contributed by atoms with Gasteiger partial charge in [0.05, 0.1) is 18.4 Å². The summed E-state index contributed by atoms with van der Waals surface area (Å²) in [6.45, 7) is 1.86. The van der Waals surface area contributed by atoms with Crippen LogP contribution in [0.15, 0.2) is 34.9 Å². The third-order valence-electron chi connectivity index (χ3n) is 4.33. The molecule has 1 amide bonds. The van der Waals surface area contributed by atoms with Crippen LogP contribution in [0.3, 0.4) is 0 Å². The summed E-state index contributed by atoms with van der Waals surface area (Å²) in [5, 5.41) is 6.92. The van der Waals surface area contributed by atoms with Crippen molar-refractivity contribution < 1.29 is 9.32 Å². The number of nitrogens with one attached hydrogen (secondary N) is 1. The molecule has 1 aliphatic carbocycles. The highest BCUT2D eigenvalue weighted by Gasteiger charge is 2.31. The maximum atomic E-state index is 12.3. The van der Waals surface area contributed by atoms with Gasteiger partial charge in [-0.25, -0.2) is 0 Å². The Kier molecular flexibility index (Phi) is 4.71. The molecule has 122 valence electrons. The van der Waals surface area contributed by atoms with Crippen LogP contribution < -0.4 is 11.1 Å². The second-order valence-electron chi connectivity index (χ2n) is 6.14. The summed E-state index contributed by atoms with van der Waals surface area (Å²) < 4.78 is 5.28. The van der Waals surface area contributed by atoms with Crippen LogP contribution in [-0.4, -0.2) is 22.1 Å². The number of aromatic nitrogens is 2. The summed E-state index contributed by atoms with van der Waals surface area (Å²) in [7, 11) is 0. The fourth-order valence-corrected chi connectivity index (χ4v) is 2.99. The minimum Gasteiger partial charge on any atom is -0.346 e. The van der Waals surface area contributed by atoms with Gasteiger partial charge in [-0.1, -0.05) is 41.9 Å². The van der Waals surface area contributed by atoms with Gasteiger partial charge in [0.25, 0.3) is 0 Å². The first-order valence-electron chi connectivity index (χ1n) is 8.06. The molecular weight excluding hydrogens is 292 g/mol. The monoisotopic (exact) mass is 314 g/mol. The molecular formula is C17H22N4O2. The lowest BCUT2D eigenvalue weighted by Crippen LogP contribution is -2.39. The predicted molar refractivity (Wildman–Crippen MR) is 85.4 cm³/mol. The third kappa shape index (κ3) is 3.76. The van der Waals surface area contributed by atoms with E-state index in [4.69, 9.17) is 10.3 Å². The van der Waals surface area contributed by atoms with Crippen molar-refractivity contribution >= 4 is 5.91 Å². The van der Waals surface area contributed by atoms with Crippen molar-refractivity contribution in [3.05, 3.63) is 47.6 Å². The van der Waals surface area contributed by atoms with E-state index in [1.54, 1.807) is 0 Å². The van der Waals surface area contributed by atoms with E-state index in [0.717, 1.165) is 24.8 Å². The molecule has 3 N–H and O–H groups in total. The Morgan fingerprint density at radius 3 is 2.87 bits per heavy atom. The lowest BCUT2D eigenvalue weighted by atomic mass is 10.0. The number of hydrogen-bond donors (Lipinski definition) is 2. The Hall–Kier alpha value is -2.21. The minimum atomic E-state index is -0.288. The Balaban J connectivity index is 1.60. The number of hydrogen-bond acceptors (Lipinski definition) is 5. The first-order valence-corrected chi connectivity index (χ1v) is 8.06. The molecule has 0 radical (unpaired) electrons. The first-order chi connectivity index (χ1) is 11.1. The van der Waals surface area contributed by atoms with Gasteiger partial charge in [-0.05, 0) is 25.3 Å². The number of benzene rings is 1. The number of carbonyl (C=O) groups excluding carboxylic acids is 1. The quantitative estimate of drug-likeness (QED) is 0.880. The molecule has 1 heterocycles. The highest BCUT2D eigenvalue weighted by Crippen LogP contribution is 2.25. The van der Waals surface area contributed by atoms with Crippen molar-refractivity contribution in [2.45, 2.75) is 44.7 Å². The van der Waals surface area contributed by atoms with Gasteiger partial charge in [0.15, 0.2) is 5.82 Å². The van der Waals surface area contributed by atoms with Crippen molar-refractivity contribution in [1.29, 1.82) is 0 Å². The molecule has 1 aromatic heterocycles. The van der Waals surface area contributed by atoms with E-state index in [1.807, 2.05) is 37.3 Å². The molecule has 0 spiro atoms. The van der Waals surface area contributed by atoms with E-state index in [-0.39, 0.29) is 23.9 Å². The zero-order valence-electron chi connectivity index (χ0n) is 13.2. The fourth-order valence-electron chi connectivity index (χ4n) is 2.99. The van der Waals surface area contributed by atoms with Crippen LogP contribution in [0.4, 0.5) is 0 Å². The molecule has 1 aromatic carbocycles. The van der Waals surface area contributed by atoms with Crippen molar-refractivity contribution in [2.75, 3.05) is 0 Å². The average molecular weight is 314 g/mol. The molecule has 1 fully saturated rings. The molecule has 2 aromatic rings. The fraction of sp³-hybridized carbons (Fsp3) is 0.471. The van der Waals surface area contributed by atoms with E-state index in [1.165, 1.54) is 0 Å². The summed E-state index contributed by atoms with van der Waals surface area (Å²) in [5.41, 5.74) is 7.08. The second-order valence-corrected chi connectivity index (χ2v) is 6.14. The average Bonchev–Trinajstić information content (AvgIpc) is 3.17. The highest BCUT2D eigenvalue weighted by molar-refractivity contribution is 5.80. The molecule has 23 heavy (non-hydrogen) atoms. The van der Waals surface area contributed by atoms with Gasteiger partial charge in [0.1, 0.15) is 0 Å². The number of nitrogens with two attached hydrogens (primary N) is 1. The van der Waals surface area contributed by atoms with Crippen molar-refractivity contribution in [3.63, 3.8) is 0 Å². The molecule has 6 nitrogen and oxygen atoms in total. The summed E-state index contributed by atoms with van der Waals surface area (Å²) in [4.78, 5) is 16.6. The van der Waals surface area contributed by atoms with Crippen molar-refractivity contribution in [1.82, 2.24) is 15.5 Å². The summed E-state index contributed by atoms with van der Waals surface area (Å²) in [6.07, 6.45) is 3.36. The summed E-state index contributed by atoms with van der Waals surface area (Å²) in [5.74, 6) is 0.922. The molecule has 0 bridgehead atoms. The Morgan fingerprint density at radius 2 is 2.17 bits per heavy atom. The second kappa shape index (κ2) is 6.91. The van der Waals surface area contributed by atoms with Crippen LogP contribution in [0.25, 0.3) is 0 Å². The van der Waals surface area contributed by atoms with E-state index >= 15 is 0 Å². The highest BCUT2D eigenvalue weighted by atomic mass is 16.5. The standard InChI is InChI=1S/C17H22N4O2/c1-11(19-17(22)13-8-5-9-14(13)18)16-20-15(23-21-16)10-12-6-3-2-4-7-12/h2-4,6-7,11,13-14H,5,8-10,18H2,1H3,(H,19,22). The van der Waals surface area contributed by atoms with Gasteiger partial charge < -0.3 is 15.6 Å². The predicted octanol–water partition coefficient (Wildman–Crippen LogP) is 1.96. The zero-order valence-corrected chi connectivity index (χ0v) is 13.2. The molecule has 0 saturated heterocycles. The molecule has 0 aliphatic heterocycles. The van der Waals surface area contributed by atoms with Crippen LogP contribution in [0, 0.1) is 5.92 Å². The normalized spacial score (nSPS) is 22.0. The van der Waals surface area contributed by atoms with Crippen molar-refractivity contribution in [3.8, 4) is 0 Å². The topological polar surface area (TPSA) is 94.0 Å². The molecule has 3 rings (SSSR count). The maximum Gasteiger partial charge on any atom is 0.231 e. The lowest BCUT2D eigenvalue weighted by molar-refractivity contribution is -0.125. The Bertz CT molecular complexity index is 656. The number of amides is 1. The van der Waals surface area contributed by atoms with E-state index in [9.17, 15) is 4.79 Å². The van der Waals surface area contributed by atoms with E-state index < -0.39 is 0 Å². The first kappa shape index (κ1) is 15.7. The minimum absolute atomic E-state index is 0.0168. The summed E-state index contributed by atoms with van der Waals surface area (Å²) in [6, 6.07) is 9.60. The van der Waals surface area contributed by atoms with Crippen LogP contribution in [0.2, 0.25) is 0 Å². The van der Waals surface area contributed by atoms with Crippen LogP contribution >= 0.6 is 0 Å². The van der Waals surface area contributed by atoms with Gasteiger partial charge in [0, 0.05) is 6.04 Å². The van der Waals surface area contributed by atoms with Crippen LogP contribution in [0.1, 0.15) is 49.5 Å². The number of carbonyl (C=O) groups is 1. The zero-order chi connectivity index (χ0) is 16.2. The maximum absolute atomic E-state index is 12.3. The molecule has 3 unspecified atom stereocenters. The molecule has 1 aliphatic rings. The van der Waals surface area contributed by atoms with Gasteiger partial charge in [-0.3, -0.25) is 4.79 Å². The van der Waals surface area contributed by atoms with Crippen LogP contribution in [-0.2, 0) is 11.2 Å². The van der Waals surface area contributed by atoms with Crippen LogP contribution in [0.5, 0.6) is 0 Å². The largest absolute Gasteiger partial charge is 0.346 e. The van der Waals surface area contributed by atoms with Gasteiger partial charge in [-0.2, -0.15) is 4.98 Å². The SMILES string of the molecule is CC(NC(=O)C1CCCC1N)c1noc(Cc2ccccc2)n1. The Labute approximate surface area is 135 Å². The lowest BCUT2D eigenvalue weighted by Gasteiger charge is -2.17. The van der Waals surface area contributed by atoms with Gasteiger partial charge >= 0.3 is 0 Å². The number of rotatable bonds is 5. The Morgan fingerprint density at radius 1 is 1.39 bits per heavy atom. The number of nitrogens with zero attached hydrogens (tertiary/aromatic N) is 2. The van der Waals surface area contributed by atoms with E-state index in [2.05, 4.69) is 15.5 Å². The summed E-state index contributed by atoms with van der Waals surface area (Å²) >= 11 is 0.